The lowest BCUT2D eigenvalue weighted by atomic mass is 10.2. The Kier molecular flexibility index (Phi) is 5.83. The Bertz CT molecular complexity index is 389. The van der Waals surface area contributed by atoms with Gasteiger partial charge in [0.25, 0.3) is 5.69 Å². The predicted octanol–water partition coefficient (Wildman–Crippen LogP) is 3.28. The van der Waals surface area contributed by atoms with Gasteiger partial charge in [-0.2, -0.15) is 0 Å². The molecule has 1 rings (SSSR count). The molecule has 1 unspecified atom stereocenters. The Morgan fingerprint density at radius 2 is 1.82 bits per heavy atom. The first-order chi connectivity index (χ1) is 8.15. The predicted molar refractivity (Wildman–Crippen MR) is 68.5 cm³/mol. The van der Waals surface area contributed by atoms with Crippen molar-refractivity contribution in [2.24, 2.45) is 0 Å². The van der Waals surface area contributed by atoms with Crippen LogP contribution in [0.2, 0.25) is 0 Å². The van der Waals surface area contributed by atoms with Gasteiger partial charge in [0.05, 0.1) is 15.7 Å². The Morgan fingerprint density at radius 1 is 1.18 bits per heavy atom. The summed E-state index contributed by atoms with van der Waals surface area (Å²) in [6.45, 7) is 2.13. The highest BCUT2D eigenvalue weighted by atomic mass is 32.2. The second-order valence-corrected chi connectivity index (χ2v) is 5.43. The van der Waals surface area contributed by atoms with E-state index < -0.39 is 15.7 Å². The molecule has 0 heterocycles. The van der Waals surface area contributed by atoms with Gasteiger partial charge in [-0.1, -0.05) is 26.2 Å². The lowest BCUT2D eigenvalue weighted by molar-refractivity contribution is -0.384. The van der Waals surface area contributed by atoms with Crippen LogP contribution in [-0.4, -0.2) is 14.9 Å². The average molecular weight is 255 g/mol. The number of nitro benzene ring substituents is 1. The van der Waals surface area contributed by atoms with E-state index in [9.17, 15) is 14.3 Å². The summed E-state index contributed by atoms with van der Waals surface area (Å²) in [7, 11) is -1.03. The minimum atomic E-state index is -1.03. The Hall–Kier alpha value is -1.23. The first kappa shape index (κ1) is 13.8. The molecule has 0 aromatic heterocycles. The fourth-order valence-electron chi connectivity index (χ4n) is 1.50. The average Bonchev–Trinajstić information content (AvgIpc) is 2.34. The third kappa shape index (κ3) is 4.65. The number of hydrogen-bond donors (Lipinski definition) is 0. The van der Waals surface area contributed by atoms with Gasteiger partial charge < -0.3 is 0 Å². The zero-order valence-electron chi connectivity index (χ0n) is 9.93. The molecule has 0 saturated carbocycles. The van der Waals surface area contributed by atoms with Crippen molar-refractivity contribution in [3.8, 4) is 0 Å². The summed E-state index contributed by atoms with van der Waals surface area (Å²) in [6.07, 6.45) is 4.36. The van der Waals surface area contributed by atoms with Gasteiger partial charge in [0.2, 0.25) is 0 Å². The van der Waals surface area contributed by atoms with Gasteiger partial charge in [-0.25, -0.2) is 0 Å². The summed E-state index contributed by atoms with van der Waals surface area (Å²) >= 11 is 0. The van der Waals surface area contributed by atoms with Crippen LogP contribution in [0.4, 0.5) is 5.69 Å². The summed E-state index contributed by atoms with van der Waals surface area (Å²) in [6, 6.07) is 5.96. The van der Waals surface area contributed by atoms with Crippen molar-refractivity contribution >= 4 is 16.5 Å². The molecule has 0 saturated heterocycles. The van der Waals surface area contributed by atoms with Crippen molar-refractivity contribution in [1.82, 2.24) is 0 Å². The van der Waals surface area contributed by atoms with Gasteiger partial charge in [-0.3, -0.25) is 14.3 Å². The van der Waals surface area contributed by atoms with Gasteiger partial charge in [-0.05, 0) is 18.6 Å². The maximum absolute atomic E-state index is 11.8. The topological polar surface area (TPSA) is 60.2 Å². The normalized spacial score (nSPS) is 12.3. The highest BCUT2D eigenvalue weighted by Gasteiger charge is 2.07. The molecular weight excluding hydrogens is 238 g/mol. The maximum Gasteiger partial charge on any atom is 0.269 e. The van der Waals surface area contributed by atoms with E-state index in [0.717, 1.165) is 25.7 Å². The Balaban J connectivity index is 2.49. The standard InChI is InChI=1S/C12H17NO3S/c1-2-3-4-5-10-17(16)12-8-6-11(7-9-12)13(14)15/h6-9H,2-5,10H2,1H3. The number of unbranched alkanes of at least 4 members (excludes halogenated alkanes) is 3. The molecule has 0 fully saturated rings. The van der Waals surface area contributed by atoms with E-state index in [-0.39, 0.29) is 5.69 Å². The van der Waals surface area contributed by atoms with Crippen LogP contribution in [-0.2, 0) is 10.8 Å². The van der Waals surface area contributed by atoms with E-state index in [1.165, 1.54) is 12.1 Å². The van der Waals surface area contributed by atoms with Crippen molar-refractivity contribution in [3.63, 3.8) is 0 Å². The molecule has 1 atom stereocenters. The largest absolute Gasteiger partial charge is 0.269 e. The fourth-order valence-corrected chi connectivity index (χ4v) is 2.64. The van der Waals surface area contributed by atoms with Crippen molar-refractivity contribution in [3.05, 3.63) is 34.4 Å². The molecule has 0 radical (unpaired) electrons. The van der Waals surface area contributed by atoms with Gasteiger partial charge in [0.15, 0.2) is 0 Å². The zero-order chi connectivity index (χ0) is 12.7. The molecule has 0 amide bonds. The molecule has 0 N–H and O–H groups in total. The molecule has 4 nitrogen and oxygen atoms in total. The van der Waals surface area contributed by atoms with Gasteiger partial charge in [0.1, 0.15) is 0 Å². The van der Waals surface area contributed by atoms with Crippen molar-refractivity contribution in [2.45, 2.75) is 37.5 Å². The van der Waals surface area contributed by atoms with E-state index in [1.54, 1.807) is 12.1 Å². The lowest BCUT2D eigenvalue weighted by Crippen LogP contribution is -1.98. The van der Waals surface area contributed by atoms with Crippen molar-refractivity contribution < 1.29 is 9.13 Å². The molecule has 17 heavy (non-hydrogen) atoms. The van der Waals surface area contributed by atoms with Crippen LogP contribution in [0.15, 0.2) is 29.2 Å². The Labute approximate surface area is 104 Å². The maximum atomic E-state index is 11.8. The van der Waals surface area contributed by atoms with E-state index >= 15 is 0 Å². The minimum Gasteiger partial charge on any atom is -0.258 e. The highest BCUT2D eigenvalue weighted by Crippen LogP contribution is 2.15. The number of nitrogens with zero attached hydrogens (tertiary/aromatic N) is 1. The molecule has 5 heteroatoms. The molecule has 0 aliphatic carbocycles. The van der Waals surface area contributed by atoms with Crippen LogP contribution in [0.3, 0.4) is 0 Å². The number of non-ortho nitro benzene ring substituents is 1. The minimum absolute atomic E-state index is 0.0386. The first-order valence-corrected chi connectivity index (χ1v) is 7.10. The molecule has 0 spiro atoms. The van der Waals surface area contributed by atoms with Crippen LogP contribution >= 0.6 is 0 Å². The summed E-state index contributed by atoms with van der Waals surface area (Å²) in [5.41, 5.74) is 0.0386. The third-order valence-corrected chi connectivity index (χ3v) is 3.95. The second-order valence-electron chi connectivity index (χ2n) is 3.86. The number of benzene rings is 1. The zero-order valence-corrected chi connectivity index (χ0v) is 10.7. The quantitative estimate of drug-likeness (QED) is 0.427. The summed E-state index contributed by atoms with van der Waals surface area (Å²) in [4.78, 5) is 10.7. The van der Waals surface area contributed by atoms with Crippen LogP contribution in [0.25, 0.3) is 0 Å². The summed E-state index contributed by atoms with van der Waals surface area (Å²) in [5.74, 6) is 0.637. The molecule has 1 aromatic rings. The molecule has 1 aromatic carbocycles. The number of hydrogen-bond acceptors (Lipinski definition) is 3. The van der Waals surface area contributed by atoms with Gasteiger partial charge in [0, 0.05) is 22.8 Å². The van der Waals surface area contributed by atoms with Crippen LogP contribution in [0.1, 0.15) is 32.6 Å². The van der Waals surface area contributed by atoms with E-state index in [4.69, 9.17) is 0 Å². The van der Waals surface area contributed by atoms with Crippen LogP contribution in [0, 0.1) is 10.1 Å². The highest BCUT2D eigenvalue weighted by molar-refractivity contribution is 7.85. The fraction of sp³-hybridized carbons (Fsp3) is 0.500. The SMILES string of the molecule is CCCCCCS(=O)c1ccc([N+](=O)[O-])cc1. The van der Waals surface area contributed by atoms with E-state index in [1.807, 2.05) is 0 Å². The second kappa shape index (κ2) is 7.17. The first-order valence-electron chi connectivity index (χ1n) is 5.78. The summed E-state index contributed by atoms with van der Waals surface area (Å²) in [5, 5.41) is 10.5. The molecule has 94 valence electrons. The lowest BCUT2D eigenvalue weighted by Gasteiger charge is -2.01. The molecule has 0 bridgehead atoms. The number of nitro groups is 1. The van der Waals surface area contributed by atoms with Crippen LogP contribution < -0.4 is 0 Å². The van der Waals surface area contributed by atoms with E-state index in [0.29, 0.717) is 10.6 Å². The van der Waals surface area contributed by atoms with Crippen molar-refractivity contribution in [1.29, 1.82) is 0 Å². The third-order valence-electron chi connectivity index (χ3n) is 2.49. The molecule has 0 aliphatic rings. The monoisotopic (exact) mass is 255 g/mol. The van der Waals surface area contributed by atoms with Gasteiger partial charge in [-0.15, -0.1) is 0 Å². The van der Waals surface area contributed by atoms with Crippen molar-refractivity contribution in [2.75, 3.05) is 5.75 Å². The number of rotatable bonds is 7. The molecular formula is C12H17NO3S. The summed E-state index contributed by atoms with van der Waals surface area (Å²) < 4.78 is 11.8. The smallest absolute Gasteiger partial charge is 0.258 e. The van der Waals surface area contributed by atoms with Crippen LogP contribution in [0.5, 0.6) is 0 Å². The van der Waals surface area contributed by atoms with Gasteiger partial charge >= 0.3 is 0 Å². The molecule has 0 aliphatic heterocycles. The Morgan fingerprint density at radius 3 is 2.35 bits per heavy atom. The van der Waals surface area contributed by atoms with E-state index in [2.05, 4.69) is 6.92 Å².